The Morgan fingerprint density at radius 1 is 1.12 bits per heavy atom. The molecule has 10 nitrogen and oxygen atoms in total. The number of carbonyl (C=O) groups is 2. The number of para-hydroxylation sites is 1. The van der Waals surface area contributed by atoms with Crippen molar-refractivity contribution in [2.45, 2.75) is 44.4 Å². The van der Waals surface area contributed by atoms with Gasteiger partial charge in [-0.05, 0) is 56.0 Å². The van der Waals surface area contributed by atoms with Gasteiger partial charge in [0, 0.05) is 37.6 Å². The number of hydrogen-bond donors (Lipinski definition) is 1. The fourth-order valence-electron chi connectivity index (χ4n) is 5.56. The van der Waals surface area contributed by atoms with E-state index in [2.05, 4.69) is 21.2 Å². The summed E-state index contributed by atoms with van der Waals surface area (Å²) in [5, 5.41) is 2.80. The number of benzene rings is 2. The van der Waals surface area contributed by atoms with E-state index in [-0.39, 0.29) is 41.6 Å². The van der Waals surface area contributed by atoms with E-state index in [0.717, 1.165) is 5.56 Å². The molecule has 3 aromatic rings. The van der Waals surface area contributed by atoms with E-state index in [1.165, 1.54) is 8.99 Å². The van der Waals surface area contributed by atoms with Gasteiger partial charge < -0.3 is 10.2 Å². The Balaban J connectivity index is 1.41. The normalized spacial score (nSPS) is 17.6. The Bertz CT molecular complexity index is 1650. The molecule has 0 radical (unpaired) electrons. The highest BCUT2D eigenvalue weighted by molar-refractivity contribution is 9.10. The molecule has 1 fully saturated rings. The summed E-state index contributed by atoms with van der Waals surface area (Å²) in [7, 11) is -2.27. The molecule has 3 heterocycles. The first kappa shape index (κ1) is 28.3. The fraction of sp³-hybridized carbons (Fsp3) is 0.393. The van der Waals surface area contributed by atoms with E-state index in [1.54, 1.807) is 36.5 Å². The molecule has 40 heavy (non-hydrogen) atoms. The number of carbonyl (C=O) groups excluding carboxylic acids is 2. The molecule has 0 bridgehead atoms. The molecular formula is C28H32BrN5O5S. The van der Waals surface area contributed by atoms with Crippen molar-refractivity contribution < 1.29 is 18.0 Å². The molecule has 0 aliphatic carbocycles. The van der Waals surface area contributed by atoms with Crippen LogP contribution in [-0.2, 0) is 33.1 Å². The first-order valence-corrected chi connectivity index (χ1v) is 15.6. The van der Waals surface area contributed by atoms with Gasteiger partial charge in [-0.3, -0.25) is 19.1 Å². The number of hydrogen-bond acceptors (Lipinski definition) is 5. The van der Waals surface area contributed by atoms with Crippen LogP contribution in [0.3, 0.4) is 0 Å². The predicted octanol–water partition coefficient (Wildman–Crippen LogP) is 3.59. The van der Waals surface area contributed by atoms with Gasteiger partial charge in [-0.15, -0.1) is 0 Å². The van der Waals surface area contributed by atoms with E-state index >= 15 is 0 Å². The molecule has 2 aromatic carbocycles. The van der Waals surface area contributed by atoms with Crippen LogP contribution in [0.2, 0.25) is 0 Å². The van der Waals surface area contributed by atoms with Crippen molar-refractivity contribution in [3.8, 4) is 5.69 Å². The lowest BCUT2D eigenvalue weighted by molar-refractivity contribution is -0.121. The summed E-state index contributed by atoms with van der Waals surface area (Å²) in [4.78, 5) is 40.9. The van der Waals surface area contributed by atoms with Crippen LogP contribution in [0, 0.1) is 12.8 Å². The third-order valence-corrected chi connectivity index (χ3v) is 10.1. The zero-order chi connectivity index (χ0) is 28.8. The lowest BCUT2D eigenvalue weighted by Crippen LogP contribution is -2.44. The average molecular weight is 631 g/mol. The first-order chi connectivity index (χ1) is 19.0. The molecule has 0 unspecified atom stereocenters. The van der Waals surface area contributed by atoms with Gasteiger partial charge in [-0.25, -0.2) is 13.1 Å². The third kappa shape index (κ3) is 4.92. The molecule has 5 rings (SSSR count). The van der Waals surface area contributed by atoms with Crippen molar-refractivity contribution in [2.75, 3.05) is 29.9 Å². The quantitative estimate of drug-likeness (QED) is 0.448. The van der Waals surface area contributed by atoms with Gasteiger partial charge in [0.05, 0.1) is 23.0 Å². The molecular weight excluding hydrogens is 598 g/mol. The maximum Gasteiger partial charge on any atom is 0.295 e. The van der Waals surface area contributed by atoms with E-state index in [9.17, 15) is 22.8 Å². The molecule has 2 aliphatic rings. The number of nitrogens with one attached hydrogen (secondary N) is 1. The van der Waals surface area contributed by atoms with E-state index in [0.29, 0.717) is 47.3 Å². The molecule has 0 spiro atoms. The second-order valence-electron chi connectivity index (χ2n) is 10.2. The monoisotopic (exact) mass is 629 g/mol. The van der Waals surface area contributed by atoms with Gasteiger partial charge in [0.1, 0.15) is 10.6 Å². The summed E-state index contributed by atoms with van der Waals surface area (Å²) < 4.78 is 33.1. The standard InChI is InChI=1S/C28H32BrN5O5S/c1-4-24(35)33-14-12-19-15-21(29)16-23(26(19)33)40(38,39)32-13-8-9-20(17-32)27(36)30-25-18(2)31(3)34(28(25)37)22-10-6-5-7-11-22/h5-7,10-11,15-16,20H,4,8-9,12-14,17H2,1-3H3,(H,30,36)/t20-/m1/s1. The van der Waals surface area contributed by atoms with Gasteiger partial charge in [0.25, 0.3) is 5.56 Å². The van der Waals surface area contributed by atoms with Crippen LogP contribution in [0.25, 0.3) is 5.69 Å². The zero-order valence-corrected chi connectivity index (χ0v) is 25.1. The van der Waals surface area contributed by atoms with Gasteiger partial charge in [-0.1, -0.05) is 41.1 Å². The minimum Gasteiger partial charge on any atom is -0.320 e. The summed E-state index contributed by atoms with van der Waals surface area (Å²) in [5.41, 5.74) is 2.32. The molecule has 1 N–H and O–H groups in total. The van der Waals surface area contributed by atoms with Crippen molar-refractivity contribution in [2.24, 2.45) is 13.0 Å². The Morgan fingerprint density at radius 2 is 1.85 bits per heavy atom. The largest absolute Gasteiger partial charge is 0.320 e. The van der Waals surface area contributed by atoms with Crippen LogP contribution < -0.4 is 15.8 Å². The summed E-state index contributed by atoms with van der Waals surface area (Å²) >= 11 is 3.43. The second kappa shape index (κ2) is 11.0. The van der Waals surface area contributed by atoms with Gasteiger partial charge in [0.15, 0.2) is 0 Å². The number of sulfonamides is 1. The molecule has 1 aromatic heterocycles. The molecule has 1 saturated heterocycles. The number of rotatable bonds is 6. The molecule has 2 aliphatic heterocycles. The van der Waals surface area contributed by atoms with Crippen molar-refractivity contribution >= 4 is 49.1 Å². The highest BCUT2D eigenvalue weighted by Gasteiger charge is 2.38. The minimum absolute atomic E-state index is 0.0179. The van der Waals surface area contributed by atoms with Crippen LogP contribution >= 0.6 is 15.9 Å². The lowest BCUT2D eigenvalue weighted by atomic mass is 9.99. The third-order valence-electron chi connectivity index (χ3n) is 7.77. The maximum absolute atomic E-state index is 14.0. The average Bonchev–Trinajstić information content (AvgIpc) is 3.46. The summed E-state index contributed by atoms with van der Waals surface area (Å²) in [6.07, 6.45) is 1.83. The number of nitrogens with zero attached hydrogens (tertiary/aromatic N) is 4. The summed E-state index contributed by atoms with van der Waals surface area (Å²) in [5.74, 6) is -1.16. The predicted molar refractivity (Wildman–Crippen MR) is 156 cm³/mol. The summed E-state index contributed by atoms with van der Waals surface area (Å²) in [6, 6.07) is 12.5. The van der Waals surface area contributed by atoms with Crippen LogP contribution in [0.4, 0.5) is 11.4 Å². The number of piperidine rings is 1. The Hall–Kier alpha value is -3.22. The second-order valence-corrected chi connectivity index (χ2v) is 13.0. The first-order valence-electron chi connectivity index (χ1n) is 13.3. The van der Waals surface area contributed by atoms with Gasteiger partial charge in [-0.2, -0.15) is 4.31 Å². The highest BCUT2D eigenvalue weighted by atomic mass is 79.9. The zero-order valence-electron chi connectivity index (χ0n) is 22.7. The number of halogens is 1. The number of aromatic nitrogens is 2. The molecule has 0 saturated carbocycles. The van der Waals surface area contributed by atoms with E-state index in [1.807, 2.05) is 36.4 Å². The van der Waals surface area contributed by atoms with E-state index < -0.39 is 21.8 Å². The molecule has 12 heteroatoms. The van der Waals surface area contributed by atoms with Crippen LogP contribution in [0.5, 0.6) is 0 Å². The Kier molecular flexibility index (Phi) is 7.77. The van der Waals surface area contributed by atoms with Crippen LogP contribution in [0.15, 0.2) is 56.6 Å². The number of anilines is 2. The van der Waals surface area contributed by atoms with Crippen molar-refractivity contribution in [3.63, 3.8) is 0 Å². The maximum atomic E-state index is 14.0. The van der Waals surface area contributed by atoms with Crippen molar-refractivity contribution in [1.82, 2.24) is 13.7 Å². The van der Waals surface area contributed by atoms with Gasteiger partial charge in [0.2, 0.25) is 21.8 Å². The fourth-order valence-corrected chi connectivity index (χ4v) is 8.00. The van der Waals surface area contributed by atoms with Crippen molar-refractivity contribution in [1.29, 1.82) is 0 Å². The number of amides is 2. The van der Waals surface area contributed by atoms with Gasteiger partial charge >= 0.3 is 0 Å². The number of fused-ring (bicyclic) bond motifs is 1. The van der Waals surface area contributed by atoms with E-state index in [4.69, 9.17) is 0 Å². The Labute approximate surface area is 241 Å². The minimum atomic E-state index is -4.02. The smallest absolute Gasteiger partial charge is 0.295 e. The molecule has 1 atom stereocenters. The van der Waals surface area contributed by atoms with Crippen LogP contribution in [-0.4, -0.2) is 53.5 Å². The SMILES string of the molecule is CCC(=O)N1CCc2cc(Br)cc(S(=O)(=O)N3CCC[C@@H](C(=O)Nc4c(C)n(C)n(-c5ccccc5)c4=O)C3)c21. The molecule has 212 valence electrons. The Morgan fingerprint density at radius 3 is 2.55 bits per heavy atom. The van der Waals surface area contributed by atoms with Crippen LogP contribution in [0.1, 0.15) is 37.4 Å². The lowest BCUT2D eigenvalue weighted by Gasteiger charge is -2.32. The molecule has 2 amide bonds. The van der Waals surface area contributed by atoms with Crippen molar-refractivity contribution in [3.05, 3.63) is 68.5 Å². The topological polar surface area (TPSA) is 114 Å². The highest BCUT2D eigenvalue weighted by Crippen LogP contribution is 2.40. The summed E-state index contributed by atoms with van der Waals surface area (Å²) in [6.45, 7) is 4.19.